The monoisotopic (exact) mass is 295 g/mol. The van der Waals surface area contributed by atoms with Crippen LogP contribution in [0.25, 0.3) is 0 Å². The van der Waals surface area contributed by atoms with E-state index in [1.165, 1.54) is 7.11 Å². The summed E-state index contributed by atoms with van der Waals surface area (Å²) in [5, 5.41) is 31.7. The second-order valence-corrected chi connectivity index (χ2v) is 5.10. The zero-order valence-electron chi connectivity index (χ0n) is 11.6. The van der Waals surface area contributed by atoms with E-state index in [-0.39, 0.29) is 18.9 Å². The van der Waals surface area contributed by atoms with Crippen molar-refractivity contribution >= 4 is 18.5 Å². The van der Waals surface area contributed by atoms with Gasteiger partial charge in [-0.25, -0.2) is 0 Å². The van der Waals surface area contributed by atoms with Crippen molar-refractivity contribution in [3.8, 4) is 0 Å². The lowest BCUT2D eigenvalue weighted by Gasteiger charge is -2.33. The number of hydrogen-bond donors (Lipinski definition) is 5. The Morgan fingerprint density at radius 3 is 2.32 bits per heavy atom. The Morgan fingerprint density at radius 2 is 1.89 bits per heavy atom. The number of rotatable bonds is 9. The molecule has 0 aliphatic heterocycles. The van der Waals surface area contributed by atoms with Crippen molar-refractivity contribution in [3.63, 3.8) is 0 Å². The van der Waals surface area contributed by atoms with E-state index in [9.17, 15) is 15.0 Å². The van der Waals surface area contributed by atoms with E-state index in [4.69, 9.17) is 9.84 Å². The predicted molar refractivity (Wildman–Crippen MR) is 75.1 cm³/mol. The molecule has 0 aliphatic rings. The maximum absolute atomic E-state index is 11.6. The number of hydrogen-bond acceptors (Lipinski definition) is 6. The third-order valence-electron chi connectivity index (χ3n) is 3.13. The molecule has 0 saturated heterocycles. The highest BCUT2D eigenvalue weighted by atomic mass is 32.1. The van der Waals surface area contributed by atoms with Crippen molar-refractivity contribution in [1.82, 2.24) is 5.32 Å². The first-order valence-corrected chi connectivity index (χ1v) is 6.92. The molecule has 0 radical (unpaired) electrons. The maximum atomic E-state index is 11.6. The predicted octanol–water partition coefficient (Wildman–Crippen LogP) is -0.824. The first-order valence-electron chi connectivity index (χ1n) is 6.29. The van der Waals surface area contributed by atoms with E-state index >= 15 is 0 Å². The number of carbonyl (C=O) groups excluding carboxylic acids is 1. The third kappa shape index (κ3) is 6.09. The maximum Gasteiger partial charge on any atom is 0.221 e. The summed E-state index contributed by atoms with van der Waals surface area (Å²) in [6.07, 6.45) is -2.63. The Balaban J connectivity index is 4.78. The van der Waals surface area contributed by atoms with E-state index < -0.39 is 30.3 Å². The SMILES string of the molecule is COC(C)C(NC(=O)CCS)C(O)C(O)C(C)CO. The zero-order chi connectivity index (χ0) is 15.0. The molecular weight excluding hydrogens is 270 g/mol. The second kappa shape index (κ2) is 9.55. The first-order chi connectivity index (χ1) is 8.88. The van der Waals surface area contributed by atoms with Gasteiger partial charge in [0.2, 0.25) is 5.91 Å². The van der Waals surface area contributed by atoms with Crippen molar-refractivity contribution in [2.45, 2.75) is 44.6 Å². The minimum Gasteiger partial charge on any atom is -0.396 e. The van der Waals surface area contributed by atoms with Gasteiger partial charge in [-0.15, -0.1) is 0 Å². The summed E-state index contributed by atoms with van der Waals surface area (Å²) in [6.45, 7) is 3.04. The molecule has 0 spiro atoms. The van der Waals surface area contributed by atoms with Crippen molar-refractivity contribution in [3.05, 3.63) is 0 Å². The lowest BCUT2D eigenvalue weighted by atomic mass is 9.93. The molecule has 0 heterocycles. The van der Waals surface area contributed by atoms with Gasteiger partial charge in [0.05, 0.1) is 18.2 Å². The highest BCUT2D eigenvalue weighted by Gasteiger charge is 2.34. The molecule has 6 nitrogen and oxygen atoms in total. The van der Waals surface area contributed by atoms with Gasteiger partial charge in [-0.05, 0) is 12.7 Å². The van der Waals surface area contributed by atoms with Crippen LogP contribution in [0, 0.1) is 5.92 Å². The molecule has 5 unspecified atom stereocenters. The fraction of sp³-hybridized carbons (Fsp3) is 0.917. The molecule has 0 saturated carbocycles. The Bertz CT molecular complexity index is 267. The molecule has 0 bridgehead atoms. The molecule has 0 fully saturated rings. The van der Waals surface area contributed by atoms with E-state index in [1.807, 2.05) is 0 Å². The minimum absolute atomic E-state index is 0.217. The zero-order valence-corrected chi connectivity index (χ0v) is 12.5. The molecule has 1 amide bonds. The van der Waals surface area contributed by atoms with Crippen LogP contribution in [-0.2, 0) is 9.53 Å². The van der Waals surface area contributed by atoms with Crippen molar-refractivity contribution in [2.24, 2.45) is 5.92 Å². The highest BCUT2D eigenvalue weighted by Crippen LogP contribution is 2.14. The van der Waals surface area contributed by atoms with Crippen molar-refractivity contribution in [2.75, 3.05) is 19.5 Å². The van der Waals surface area contributed by atoms with Gasteiger partial charge in [-0.3, -0.25) is 4.79 Å². The van der Waals surface area contributed by atoms with E-state index in [0.717, 1.165) is 0 Å². The van der Waals surface area contributed by atoms with Gasteiger partial charge in [0.15, 0.2) is 0 Å². The van der Waals surface area contributed by atoms with E-state index in [1.54, 1.807) is 13.8 Å². The van der Waals surface area contributed by atoms with Crippen LogP contribution in [-0.4, -0.2) is 65.1 Å². The fourth-order valence-corrected chi connectivity index (χ4v) is 1.85. The van der Waals surface area contributed by atoms with Crippen LogP contribution in [0.1, 0.15) is 20.3 Å². The number of ether oxygens (including phenoxy) is 1. The smallest absolute Gasteiger partial charge is 0.221 e. The molecule has 0 aromatic heterocycles. The summed E-state index contributed by atoms with van der Waals surface area (Å²) in [4.78, 5) is 11.6. The number of amides is 1. The van der Waals surface area contributed by atoms with Crippen molar-refractivity contribution < 1.29 is 24.9 Å². The van der Waals surface area contributed by atoms with Crippen LogP contribution in [0.2, 0.25) is 0 Å². The van der Waals surface area contributed by atoms with Gasteiger partial charge in [0, 0.05) is 26.1 Å². The molecular formula is C12H25NO5S. The first kappa shape index (κ1) is 18.7. The van der Waals surface area contributed by atoms with E-state index in [2.05, 4.69) is 17.9 Å². The minimum atomic E-state index is -1.22. The molecule has 4 N–H and O–H groups in total. The molecule has 114 valence electrons. The van der Waals surface area contributed by atoms with Crippen molar-refractivity contribution in [1.29, 1.82) is 0 Å². The molecule has 0 aromatic carbocycles. The third-order valence-corrected chi connectivity index (χ3v) is 3.36. The van der Waals surface area contributed by atoms with Gasteiger partial charge >= 0.3 is 0 Å². The van der Waals surface area contributed by atoms with Crippen LogP contribution in [0.5, 0.6) is 0 Å². The Hall–Kier alpha value is -0.340. The number of thiol groups is 1. The molecule has 7 heteroatoms. The fourth-order valence-electron chi connectivity index (χ4n) is 1.64. The summed E-state index contributed by atoms with van der Waals surface area (Å²) < 4.78 is 5.11. The molecule has 0 rings (SSSR count). The van der Waals surface area contributed by atoms with Gasteiger partial charge < -0.3 is 25.4 Å². The van der Waals surface area contributed by atoms with E-state index in [0.29, 0.717) is 5.75 Å². The summed E-state index contributed by atoms with van der Waals surface area (Å²) in [6, 6.07) is -0.749. The standard InChI is InChI=1S/C12H25NO5S/c1-7(6-14)11(16)12(17)10(8(2)18-3)13-9(15)4-5-19/h7-8,10-12,14,16-17,19H,4-6H2,1-3H3,(H,13,15). The average molecular weight is 295 g/mol. The normalized spacial score (nSPS) is 19.3. The van der Waals surface area contributed by atoms with Gasteiger partial charge in [0.1, 0.15) is 6.10 Å². The lowest BCUT2D eigenvalue weighted by Crippen LogP contribution is -2.56. The topological polar surface area (TPSA) is 99.0 Å². The number of methoxy groups -OCH3 is 1. The van der Waals surface area contributed by atoms with Gasteiger partial charge in [-0.2, -0.15) is 12.6 Å². The molecule has 19 heavy (non-hydrogen) atoms. The van der Waals surface area contributed by atoms with Gasteiger partial charge in [-0.1, -0.05) is 6.92 Å². The quantitative estimate of drug-likeness (QED) is 0.358. The Kier molecular flexibility index (Phi) is 9.38. The van der Waals surface area contributed by atoms with Crippen LogP contribution >= 0.6 is 12.6 Å². The average Bonchev–Trinajstić information content (AvgIpc) is 2.41. The molecule has 0 aromatic rings. The van der Waals surface area contributed by atoms with Crippen LogP contribution in [0.15, 0.2) is 0 Å². The van der Waals surface area contributed by atoms with Crippen LogP contribution in [0.3, 0.4) is 0 Å². The summed E-state index contributed by atoms with van der Waals surface area (Å²) >= 11 is 3.96. The Labute approximate surface area is 119 Å². The largest absolute Gasteiger partial charge is 0.396 e. The number of aliphatic hydroxyl groups is 3. The summed E-state index contributed by atoms with van der Waals surface area (Å²) in [7, 11) is 1.46. The summed E-state index contributed by atoms with van der Waals surface area (Å²) in [5.41, 5.74) is 0. The summed E-state index contributed by atoms with van der Waals surface area (Å²) in [5.74, 6) is -0.374. The highest BCUT2D eigenvalue weighted by molar-refractivity contribution is 7.80. The van der Waals surface area contributed by atoms with Gasteiger partial charge in [0.25, 0.3) is 0 Å². The number of carbonyl (C=O) groups is 1. The number of nitrogens with one attached hydrogen (secondary N) is 1. The number of aliphatic hydroxyl groups excluding tert-OH is 3. The molecule has 5 atom stereocenters. The molecule has 0 aliphatic carbocycles. The van der Waals surface area contributed by atoms with Crippen LogP contribution < -0.4 is 5.32 Å². The Morgan fingerprint density at radius 1 is 1.32 bits per heavy atom. The lowest BCUT2D eigenvalue weighted by molar-refractivity contribution is -0.126. The second-order valence-electron chi connectivity index (χ2n) is 4.65. The van der Waals surface area contributed by atoms with Crippen LogP contribution in [0.4, 0.5) is 0 Å².